The Bertz CT molecular complexity index is 882. The van der Waals surface area contributed by atoms with Crippen LogP contribution in [0.5, 0.6) is 0 Å². The molecule has 3 aromatic rings. The summed E-state index contributed by atoms with van der Waals surface area (Å²) in [6, 6.07) is 4.96. The topological polar surface area (TPSA) is 77.7 Å². The summed E-state index contributed by atoms with van der Waals surface area (Å²) in [5.41, 5.74) is 0.784. The third-order valence-electron chi connectivity index (χ3n) is 2.62. The number of aromatic nitrogens is 4. The van der Waals surface area contributed by atoms with Crippen LogP contribution in [0.15, 0.2) is 38.9 Å². The molecule has 2 aromatic heterocycles. The van der Waals surface area contributed by atoms with Gasteiger partial charge in [0.2, 0.25) is 0 Å². The molecule has 0 aliphatic carbocycles. The van der Waals surface area contributed by atoms with Crippen LogP contribution in [-0.2, 0) is 16.9 Å². The van der Waals surface area contributed by atoms with Gasteiger partial charge in [0.25, 0.3) is 0 Å². The number of thiazole rings is 1. The first-order valence-corrected chi connectivity index (χ1v) is 9.08. The Morgan fingerprint density at radius 3 is 2.80 bits per heavy atom. The van der Waals surface area contributed by atoms with Gasteiger partial charge in [0.05, 0.1) is 15.1 Å². The molecular weight excluding hydrogens is 316 g/mol. The molecule has 3 rings (SSSR count). The van der Waals surface area contributed by atoms with Crippen LogP contribution in [0.1, 0.15) is 0 Å². The maximum atomic E-state index is 11.5. The fourth-order valence-electron chi connectivity index (χ4n) is 1.60. The molecule has 9 heteroatoms. The fraction of sp³-hybridized carbons (Fsp3) is 0.182. The number of nitrogens with zero attached hydrogens (tertiary/aromatic N) is 4. The van der Waals surface area contributed by atoms with Crippen LogP contribution in [0.3, 0.4) is 0 Å². The van der Waals surface area contributed by atoms with Crippen LogP contribution in [0.2, 0.25) is 0 Å². The van der Waals surface area contributed by atoms with E-state index in [2.05, 4.69) is 15.2 Å². The van der Waals surface area contributed by atoms with Gasteiger partial charge in [0, 0.05) is 13.3 Å². The largest absolute Gasteiger partial charge is 0.311 e. The Morgan fingerprint density at radius 1 is 1.35 bits per heavy atom. The number of hydrogen-bond acceptors (Lipinski definition) is 7. The van der Waals surface area contributed by atoms with Gasteiger partial charge in [-0.1, -0.05) is 0 Å². The summed E-state index contributed by atoms with van der Waals surface area (Å²) in [6.45, 7) is 0. The Hall–Kier alpha value is -1.45. The van der Waals surface area contributed by atoms with Gasteiger partial charge >= 0.3 is 0 Å². The molecule has 6 nitrogen and oxygen atoms in total. The van der Waals surface area contributed by atoms with Gasteiger partial charge in [-0.15, -0.1) is 21.5 Å². The molecule has 0 amide bonds. The summed E-state index contributed by atoms with van der Waals surface area (Å²) in [5.74, 6) is 0. The van der Waals surface area contributed by atoms with Gasteiger partial charge in [-0.05, 0) is 30.0 Å². The van der Waals surface area contributed by atoms with E-state index in [0.29, 0.717) is 4.90 Å². The van der Waals surface area contributed by atoms with Gasteiger partial charge in [-0.2, -0.15) is 0 Å². The number of benzene rings is 1. The van der Waals surface area contributed by atoms with E-state index in [9.17, 15) is 8.42 Å². The number of hydrogen-bond donors (Lipinski definition) is 0. The Kier molecular flexibility index (Phi) is 3.27. The SMILES string of the molecule is Cn1cnnc1Sc1nc2ccc(S(C)(=O)=O)cc2s1. The van der Waals surface area contributed by atoms with Gasteiger partial charge < -0.3 is 4.57 Å². The van der Waals surface area contributed by atoms with Crippen molar-refractivity contribution in [2.24, 2.45) is 7.05 Å². The van der Waals surface area contributed by atoms with Crippen molar-refractivity contribution in [2.45, 2.75) is 14.4 Å². The normalized spacial score (nSPS) is 12.1. The predicted molar refractivity (Wildman–Crippen MR) is 77.9 cm³/mol. The molecule has 0 atom stereocenters. The molecule has 104 valence electrons. The summed E-state index contributed by atoms with van der Waals surface area (Å²) in [4.78, 5) is 4.77. The van der Waals surface area contributed by atoms with E-state index in [4.69, 9.17) is 0 Å². The molecule has 1 aromatic carbocycles. The second-order valence-electron chi connectivity index (χ2n) is 4.21. The first kappa shape index (κ1) is 13.5. The second kappa shape index (κ2) is 4.83. The smallest absolute Gasteiger partial charge is 0.197 e. The van der Waals surface area contributed by atoms with Crippen molar-refractivity contribution >= 4 is 43.2 Å². The van der Waals surface area contributed by atoms with E-state index in [1.807, 2.05) is 7.05 Å². The minimum absolute atomic E-state index is 0.309. The average Bonchev–Trinajstić information content (AvgIpc) is 2.94. The van der Waals surface area contributed by atoms with E-state index in [0.717, 1.165) is 19.7 Å². The maximum absolute atomic E-state index is 11.5. The molecule has 0 aliphatic heterocycles. The van der Waals surface area contributed by atoms with Crippen LogP contribution in [-0.4, -0.2) is 34.4 Å². The molecule has 0 saturated heterocycles. The maximum Gasteiger partial charge on any atom is 0.197 e. The third kappa shape index (κ3) is 2.56. The van der Waals surface area contributed by atoms with Crippen LogP contribution in [0, 0.1) is 0 Å². The van der Waals surface area contributed by atoms with E-state index in [1.165, 1.54) is 29.4 Å². The highest BCUT2D eigenvalue weighted by molar-refractivity contribution is 8.01. The molecule has 2 heterocycles. The summed E-state index contributed by atoms with van der Waals surface area (Å²) < 4.78 is 26.5. The Morgan fingerprint density at radius 2 is 2.15 bits per heavy atom. The lowest BCUT2D eigenvalue weighted by Gasteiger charge is -1.96. The first-order chi connectivity index (χ1) is 9.43. The molecule has 0 fully saturated rings. The number of fused-ring (bicyclic) bond motifs is 1. The standard InChI is InChI=1S/C11H10N4O2S3/c1-15-6-12-14-10(15)19-11-13-8-4-3-7(20(2,16)17)5-9(8)18-11/h3-6H,1-2H3. The Labute approximate surface area is 123 Å². The van der Waals surface area contributed by atoms with E-state index in [1.54, 1.807) is 29.1 Å². The van der Waals surface area contributed by atoms with Crippen molar-refractivity contribution in [1.82, 2.24) is 19.7 Å². The highest BCUT2D eigenvalue weighted by Gasteiger charge is 2.12. The fourth-order valence-corrected chi connectivity index (χ4v) is 4.30. The zero-order valence-electron chi connectivity index (χ0n) is 10.6. The zero-order chi connectivity index (χ0) is 14.3. The number of sulfone groups is 1. The minimum atomic E-state index is -3.20. The summed E-state index contributed by atoms with van der Waals surface area (Å²) in [7, 11) is -1.34. The predicted octanol–water partition coefficient (Wildman–Crippen LogP) is 1.98. The van der Waals surface area contributed by atoms with Crippen LogP contribution >= 0.6 is 23.1 Å². The van der Waals surface area contributed by atoms with Crippen molar-refractivity contribution in [2.75, 3.05) is 6.26 Å². The van der Waals surface area contributed by atoms with E-state index in [-0.39, 0.29) is 0 Å². The van der Waals surface area contributed by atoms with Crippen molar-refractivity contribution < 1.29 is 8.42 Å². The third-order valence-corrected chi connectivity index (χ3v) is 5.86. The lowest BCUT2D eigenvalue weighted by molar-refractivity contribution is 0.602. The van der Waals surface area contributed by atoms with Crippen molar-refractivity contribution in [3.05, 3.63) is 24.5 Å². The van der Waals surface area contributed by atoms with Gasteiger partial charge in [-0.3, -0.25) is 0 Å². The lowest BCUT2D eigenvalue weighted by atomic mass is 10.3. The molecule has 0 spiro atoms. The van der Waals surface area contributed by atoms with Gasteiger partial charge in [0.15, 0.2) is 19.3 Å². The quantitative estimate of drug-likeness (QED) is 0.732. The zero-order valence-corrected chi connectivity index (χ0v) is 13.1. The molecule has 0 aliphatic rings. The summed E-state index contributed by atoms with van der Waals surface area (Å²) in [5, 5.41) is 8.54. The number of rotatable bonds is 3. The molecule has 0 N–H and O–H groups in total. The second-order valence-corrected chi connectivity index (χ2v) is 8.47. The van der Waals surface area contributed by atoms with Crippen LogP contribution in [0.4, 0.5) is 0 Å². The van der Waals surface area contributed by atoms with Gasteiger partial charge in [-0.25, -0.2) is 13.4 Å². The Balaban J connectivity index is 2.01. The summed E-state index contributed by atoms with van der Waals surface area (Å²) in [6.07, 6.45) is 2.82. The van der Waals surface area contributed by atoms with E-state index < -0.39 is 9.84 Å². The van der Waals surface area contributed by atoms with Crippen LogP contribution in [0.25, 0.3) is 10.2 Å². The van der Waals surface area contributed by atoms with Crippen molar-refractivity contribution in [3.8, 4) is 0 Å². The monoisotopic (exact) mass is 326 g/mol. The first-order valence-electron chi connectivity index (χ1n) is 5.56. The average molecular weight is 326 g/mol. The molecule has 0 saturated carbocycles. The van der Waals surface area contributed by atoms with Crippen LogP contribution < -0.4 is 0 Å². The van der Waals surface area contributed by atoms with E-state index >= 15 is 0 Å². The van der Waals surface area contributed by atoms with Crippen molar-refractivity contribution in [1.29, 1.82) is 0 Å². The highest BCUT2D eigenvalue weighted by Crippen LogP contribution is 2.34. The molecule has 0 bridgehead atoms. The highest BCUT2D eigenvalue weighted by atomic mass is 32.2. The minimum Gasteiger partial charge on any atom is -0.311 e. The number of aryl methyl sites for hydroxylation is 1. The molecule has 20 heavy (non-hydrogen) atoms. The van der Waals surface area contributed by atoms with Gasteiger partial charge in [0.1, 0.15) is 6.33 Å². The van der Waals surface area contributed by atoms with Crippen molar-refractivity contribution in [3.63, 3.8) is 0 Å². The molecular formula is C11H10N4O2S3. The molecule has 0 unspecified atom stereocenters. The lowest BCUT2D eigenvalue weighted by Crippen LogP contribution is -1.95. The molecule has 0 radical (unpaired) electrons. The summed E-state index contributed by atoms with van der Waals surface area (Å²) >= 11 is 2.85.